The summed E-state index contributed by atoms with van der Waals surface area (Å²) >= 11 is 0. The van der Waals surface area contributed by atoms with Gasteiger partial charge in [0, 0.05) is 25.9 Å². The zero-order valence-corrected chi connectivity index (χ0v) is 19.3. The van der Waals surface area contributed by atoms with Gasteiger partial charge in [-0.15, -0.1) is 34.2 Å². The summed E-state index contributed by atoms with van der Waals surface area (Å²) in [6, 6.07) is 5.88. The molecule has 28 heavy (non-hydrogen) atoms. The van der Waals surface area contributed by atoms with Crippen molar-refractivity contribution in [1.82, 2.24) is 25.2 Å². The molecule has 1 aliphatic rings. The number of aliphatic imine (C=N–C) groups is 1. The molecule has 2 heterocycles. The van der Waals surface area contributed by atoms with E-state index in [0.717, 1.165) is 43.5 Å². The third kappa shape index (κ3) is 6.30. The molecule has 0 bridgehead atoms. The molecule has 8 heteroatoms. The predicted molar refractivity (Wildman–Crippen MR) is 123 cm³/mol. The summed E-state index contributed by atoms with van der Waals surface area (Å²) in [4.78, 5) is 4.68. The Balaban J connectivity index is 0.00000280. The van der Waals surface area contributed by atoms with Crippen molar-refractivity contribution in [2.45, 2.75) is 58.6 Å². The first-order chi connectivity index (χ1) is 13.3. The van der Waals surface area contributed by atoms with E-state index < -0.39 is 0 Å². The molecule has 1 fully saturated rings. The summed E-state index contributed by atoms with van der Waals surface area (Å²) in [6.07, 6.45) is 8.63. The van der Waals surface area contributed by atoms with Gasteiger partial charge in [-0.05, 0) is 51.2 Å². The molecule has 1 unspecified atom stereocenters. The van der Waals surface area contributed by atoms with Gasteiger partial charge in [-0.1, -0.05) is 18.9 Å². The van der Waals surface area contributed by atoms with E-state index in [-0.39, 0.29) is 24.0 Å². The molecule has 156 valence electrons. The van der Waals surface area contributed by atoms with Crippen molar-refractivity contribution in [3.05, 3.63) is 30.2 Å². The molecule has 0 aliphatic heterocycles. The van der Waals surface area contributed by atoms with Gasteiger partial charge in [0.1, 0.15) is 6.54 Å². The average Bonchev–Trinajstić information content (AvgIpc) is 3.35. The second kappa shape index (κ2) is 12.2. The van der Waals surface area contributed by atoms with Crippen LogP contribution in [-0.4, -0.2) is 46.4 Å². The van der Waals surface area contributed by atoms with Gasteiger partial charge in [-0.3, -0.25) is 4.40 Å². The van der Waals surface area contributed by atoms with Crippen LogP contribution in [0.1, 0.15) is 51.8 Å². The van der Waals surface area contributed by atoms with Crippen LogP contribution in [0, 0.1) is 5.92 Å². The SMILES string of the molecule is CCNC(=NCc1nnc2ccccn12)NCCC(OCC)C1CCCC1.I. The maximum Gasteiger partial charge on any atom is 0.191 e. The van der Waals surface area contributed by atoms with Crippen molar-refractivity contribution in [2.75, 3.05) is 19.7 Å². The van der Waals surface area contributed by atoms with Gasteiger partial charge in [0.2, 0.25) is 0 Å². The summed E-state index contributed by atoms with van der Waals surface area (Å²) in [5.74, 6) is 2.36. The Labute approximate surface area is 184 Å². The molecule has 0 aromatic carbocycles. The molecule has 2 aromatic heterocycles. The number of halogens is 1. The van der Waals surface area contributed by atoms with Crippen LogP contribution < -0.4 is 10.6 Å². The number of aromatic nitrogens is 3. The second-order valence-electron chi connectivity index (χ2n) is 6.99. The Morgan fingerprint density at radius 3 is 2.82 bits per heavy atom. The molecule has 1 aliphatic carbocycles. The lowest BCUT2D eigenvalue weighted by Crippen LogP contribution is -2.39. The van der Waals surface area contributed by atoms with Gasteiger partial charge in [0.15, 0.2) is 17.4 Å². The third-order valence-corrected chi connectivity index (χ3v) is 5.13. The molecule has 7 nitrogen and oxygen atoms in total. The van der Waals surface area contributed by atoms with Gasteiger partial charge in [0.25, 0.3) is 0 Å². The van der Waals surface area contributed by atoms with Gasteiger partial charge >= 0.3 is 0 Å². The van der Waals surface area contributed by atoms with Crippen molar-refractivity contribution in [3.8, 4) is 0 Å². The van der Waals surface area contributed by atoms with Crippen molar-refractivity contribution in [2.24, 2.45) is 10.9 Å². The highest BCUT2D eigenvalue weighted by Gasteiger charge is 2.25. The van der Waals surface area contributed by atoms with Crippen LogP contribution in [0.5, 0.6) is 0 Å². The van der Waals surface area contributed by atoms with Gasteiger partial charge in [0.05, 0.1) is 6.10 Å². The minimum Gasteiger partial charge on any atom is -0.378 e. The number of rotatable bonds is 9. The average molecular weight is 500 g/mol. The number of nitrogens with one attached hydrogen (secondary N) is 2. The standard InChI is InChI=1S/C20H32N6O.HI/c1-3-21-20(22-13-12-17(27-4-2)16-9-5-6-10-16)23-15-19-25-24-18-11-7-8-14-26(18)19;/h7-8,11,14,16-17H,3-6,9-10,12-13,15H2,1-2H3,(H2,21,22,23);1H. The second-order valence-corrected chi connectivity index (χ2v) is 6.99. The normalized spacial score (nSPS) is 16.1. The summed E-state index contributed by atoms with van der Waals surface area (Å²) < 4.78 is 7.98. The molecule has 3 rings (SSSR count). The quantitative estimate of drug-likeness (QED) is 0.314. The molecule has 0 amide bonds. The van der Waals surface area contributed by atoms with Gasteiger partial charge < -0.3 is 15.4 Å². The fourth-order valence-electron chi connectivity index (χ4n) is 3.82. The fraction of sp³-hybridized carbons (Fsp3) is 0.650. The molecule has 0 saturated heterocycles. The van der Waals surface area contributed by atoms with Crippen molar-refractivity contribution >= 4 is 35.6 Å². The number of ether oxygens (including phenoxy) is 1. The summed E-state index contributed by atoms with van der Waals surface area (Å²) in [6.45, 7) is 7.11. The van der Waals surface area contributed by atoms with Crippen LogP contribution in [0.3, 0.4) is 0 Å². The Morgan fingerprint density at radius 2 is 2.07 bits per heavy atom. The maximum absolute atomic E-state index is 6.01. The molecule has 2 N–H and O–H groups in total. The number of guanidine groups is 1. The Morgan fingerprint density at radius 1 is 1.25 bits per heavy atom. The highest BCUT2D eigenvalue weighted by molar-refractivity contribution is 14.0. The van der Waals surface area contributed by atoms with E-state index in [9.17, 15) is 0 Å². The zero-order chi connectivity index (χ0) is 18.9. The number of fused-ring (bicyclic) bond motifs is 1. The minimum atomic E-state index is 0. The number of hydrogen-bond acceptors (Lipinski definition) is 4. The smallest absolute Gasteiger partial charge is 0.191 e. The lowest BCUT2D eigenvalue weighted by atomic mass is 9.98. The minimum absolute atomic E-state index is 0. The lowest BCUT2D eigenvalue weighted by molar-refractivity contribution is 0.0169. The number of hydrogen-bond donors (Lipinski definition) is 2. The largest absolute Gasteiger partial charge is 0.378 e. The summed E-state index contributed by atoms with van der Waals surface area (Å²) in [7, 11) is 0. The van der Waals surface area contributed by atoms with Crippen molar-refractivity contribution in [3.63, 3.8) is 0 Å². The predicted octanol–water partition coefficient (Wildman–Crippen LogP) is 3.39. The summed E-state index contributed by atoms with van der Waals surface area (Å²) in [5, 5.41) is 15.2. The van der Waals surface area contributed by atoms with E-state index in [1.54, 1.807) is 0 Å². The number of nitrogens with zero attached hydrogens (tertiary/aromatic N) is 4. The van der Waals surface area contributed by atoms with Crippen LogP contribution in [-0.2, 0) is 11.3 Å². The first kappa shape index (κ1) is 22.9. The van der Waals surface area contributed by atoms with Crippen molar-refractivity contribution in [1.29, 1.82) is 0 Å². The van der Waals surface area contributed by atoms with Crippen molar-refractivity contribution < 1.29 is 4.74 Å². The lowest BCUT2D eigenvalue weighted by Gasteiger charge is -2.24. The van der Waals surface area contributed by atoms with E-state index in [4.69, 9.17) is 4.74 Å². The monoisotopic (exact) mass is 500 g/mol. The highest BCUT2D eigenvalue weighted by atomic mass is 127. The summed E-state index contributed by atoms with van der Waals surface area (Å²) in [5.41, 5.74) is 0.844. The zero-order valence-electron chi connectivity index (χ0n) is 16.9. The third-order valence-electron chi connectivity index (χ3n) is 5.13. The Kier molecular flexibility index (Phi) is 9.97. The van der Waals surface area contributed by atoms with E-state index in [0.29, 0.717) is 18.6 Å². The van der Waals surface area contributed by atoms with Crippen LogP contribution >= 0.6 is 24.0 Å². The topological polar surface area (TPSA) is 75.8 Å². The Hall–Kier alpha value is -1.42. The molecule has 0 spiro atoms. The van der Waals surface area contributed by atoms with Gasteiger partial charge in [-0.25, -0.2) is 4.99 Å². The van der Waals surface area contributed by atoms with Crippen LogP contribution in [0.15, 0.2) is 29.4 Å². The van der Waals surface area contributed by atoms with E-state index in [1.165, 1.54) is 25.7 Å². The molecule has 1 atom stereocenters. The first-order valence-corrected chi connectivity index (χ1v) is 10.2. The molecular weight excluding hydrogens is 467 g/mol. The van der Waals surface area contributed by atoms with E-state index in [1.807, 2.05) is 28.8 Å². The van der Waals surface area contributed by atoms with Crippen LogP contribution in [0.2, 0.25) is 0 Å². The Bertz CT molecular complexity index is 728. The van der Waals surface area contributed by atoms with E-state index >= 15 is 0 Å². The molecule has 2 aromatic rings. The maximum atomic E-state index is 6.01. The van der Waals surface area contributed by atoms with Crippen LogP contribution in [0.4, 0.5) is 0 Å². The number of pyridine rings is 1. The molecular formula is C20H33IN6O. The van der Waals surface area contributed by atoms with E-state index in [2.05, 4.69) is 39.7 Å². The molecule has 0 radical (unpaired) electrons. The first-order valence-electron chi connectivity index (χ1n) is 10.2. The fourth-order valence-corrected chi connectivity index (χ4v) is 3.82. The van der Waals surface area contributed by atoms with Gasteiger partial charge in [-0.2, -0.15) is 0 Å². The highest BCUT2D eigenvalue weighted by Crippen LogP contribution is 2.30. The molecule has 1 saturated carbocycles. The van der Waals surface area contributed by atoms with Crippen LogP contribution in [0.25, 0.3) is 5.65 Å².